The minimum atomic E-state index is -1.33. The first-order chi connectivity index (χ1) is 14.2. The van der Waals surface area contributed by atoms with Gasteiger partial charge in [0.2, 0.25) is 0 Å². The molecule has 0 aliphatic rings. The number of nitrogens with zero attached hydrogens (tertiary/aromatic N) is 1. The van der Waals surface area contributed by atoms with Gasteiger partial charge in [-0.1, -0.05) is 40.2 Å². The van der Waals surface area contributed by atoms with Crippen LogP contribution in [0.3, 0.4) is 0 Å². The molecule has 30 heavy (non-hydrogen) atoms. The van der Waals surface area contributed by atoms with Crippen LogP contribution in [-0.4, -0.2) is 17.5 Å². The van der Waals surface area contributed by atoms with Crippen LogP contribution in [0.4, 0.5) is 16.2 Å². The summed E-state index contributed by atoms with van der Waals surface area (Å²) in [6.45, 7) is 5.34. The number of thiophene rings is 1. The van der Waals surface area contributed by atoms with Crippen molar-refractivity contribution in [3.05, 3.63) is 71.1 Å². The molecule has 5 nitrogen and oxygen atoms in total. The summed E-state index contributed by atoms with van der Waals surface area (Å²) in [5.41, 5.74) is 2.47. The highest BCUT2D eigenvalue weighted by Crippen LogP contribution is 2.36. The van der Waals surface area contributed by atoms with Crippen LogP contribution in [0.2, 0.25) is 0 Å². The first-order valence-electron chi connectivity index (χ1n) is 9.36. The van der Waals surface area contributed by atoms with Gasteiger partial charge in [0.1, 0.15) is 6.09 Å². The van der Waals surface area contributed by atoms with Gasteiger partial charge in [0, 0.05) is 21.3 Å². The fourth-order valence-corrected chi connectivity index (χ4v) is 4.20. The predicted molar refractivity (Wildman–Crippen MR) is 124 cm³/mol. The molecular weight excluding hydrogens is 464 g/mol. The maximum atomic E-state index is 12.9. The molecule has 0 saturated carbocycles. The zero-order chi connectivity index (χ0) is 21.9. The quantitative estimate of drug-likeness (QED) is 0.484. The molecular formula is C23H22BrN2O3S-. The van der Waals surface area contributed by atoms with Crippen LogP contribution in [0, 0.1) is 0 Å². The van der Waals surface area contributed by atoms with Crippen molar-refractivity contribution in [2.45, 2.75) is 31.6 Å². The third-order valence-corrected chi connectivity index (χ3v) is 6.08. The Hall–Kier alpha value is -2.64. The molecule has 3 aromatic rings. The Morgan fingerprint density at radius 3 is 2.33 bits per heavy atom. The van der Waals surface area contributed by atoms with E-state index < -0.39 is 11.6 Å². The maximum Gasteiger partial charge on any atom is 0.255 e. The zero-order valence-electron chi connectivity index (χ0n) is 16.9. The molecule has 156 valence electrons. The molecule has 0 aliphatic heterocycles. The van der Waals surface area contributed by atoms with Crippen LogP contribution >= 0.6 is 27.3 Å². The Morgan fingerprint density at radius 2 is 1.80 bits per heavy atom. The van der Waals surface area contributed by atoms with Gasteiger partial charge in [0.05, 0.1) is 11.4 Å². The summed E-state index contributed by atoms with van der Waals surface area (Å²) in [5, 5.41) is 17.5. The highest BCUT2D eigenvalue weighted by molar-refractivity contribution is 9.08. The normalized spacial score (nSPS) is 11.2. The number of benzene rings is 2. The van der Waals surface area contributed by atoms with Gasteiger partial charge in [0.25, 0.3) is 5.91 Å². The molecule has 1 heterocycles. The Labute approximate surface area is 188 Å². The van der Waals surface area contributed by atoms with E-state index in [9.17, 15) is 14.7 Å². The number of nitrogens with one attached hydrogen (secondary N) is 1. The van der Waals surface area contributed by atoms with Gasteiger partial charge in [0.15, 0.2) is 0 Å². The number of hydrogen-bond acceptors (Lipinski definition) is 4. The molecule has 7 heteroatoms. The van der Waals surface area contributed by atoms with Gasteiger partial charge in [-0.25, -0.2) is 0 Å². The van der Waals surface area contributed by atoms with Crippen molar-refractivity contribution in [1.29, 1.82) is 0 Å². The molecule has 0 bridgehead atoms. The number of amides is 2. The standard InChI is InChI=1S/C23H23BrN2O3S/c1-23(2,3)26(22(28)29)19-11-10-17(20-5-4-12-30-20)13-18(19)25-21(27)16-8-6-15(14-24)7-9-16/h4-13H,14H2,1-3H3,(H,25,27)(H,28,29)/p-1. The maximum absolute atomic E-state index is 12.9. The molecule has 0 unspecified atom stereocenters. The largest absolute Gasteiger partial charge is 0.530 e. The zero-order valence-corrected chi connectivity index (χ0v) is 19.3. The number of halogens is 1. The average Bonchev–Trinajstić information content (AvgIpc) is 3.22. The number of carbonyl (C=O) groups excluding carboxylic acids is 2. The van der Waals surface area contributed by atoms with Crippen LogP contribution < -0.4 is 15.3 Å². The predicted octanol–water partition coefficient (Wildman–Crippen LogP) is 5.51. The van der Waals surface area contributed by atoms with Gasteiger partial charge in [-0.2, -0.15) is 0 Å². The van der Waals surface area contributed by atoms with Crippen molar-refractivity contribution in [1.82, 2.24) is 0 Å². The average molecular weight is 486 g/mol. The van der Waals surface area contributed by atoms with E-state index in [1.165, 1.54) is 0 Å². The second kappa shape index (κ2) is 9.02. The Kier molecular flexibility index (Phi) is 6.63. The summed E-state index contributed by atoms with van der Waals surface area (Å²) in [6, 6.07) is 16.5. The van der Waals surface area contributed by atoms with E-state index in [2.05, 4.69) is 21.2 Å². The molecule has 1 N–H and O–H groups in total. The van der Waals surface area contributed by atoms with Crippen molar-refractivity contribution < 1.29 is 14.7 Å². The molecule has 1 aromatic heterocycles. The summed E-state index contributed by atoms with van der Waals surface area (Å²) in [7, 11) is 0. The molecule has 2 amide bonds. The fourth-order valence-electron chi connectivity index (χ4n) is 3.10. The van der Waals surface area contributed by atoms with E-state index in [-0.39, 0.29) is 5.91 Å². The Balaban J connectivity index is 2.05. The molecule has 0 atom stereocenters. The number of rotatable bonds is 5. The van der Waals surface area contributed by atoms with Crippen LogP contribution in [0.15, 0.2) is 60.0 Å². The summed E-state index contributed by atoms with van der Waals surface area (Å²) >= 11 is 4.96. The van der Waals surface area contributed by atoms with E-state index in [4.69, 9.17) is 0 Å². The van der Waals surface area contributed by atoms with Crippen LogP contribution in [0.25, 0.3) is 10.4 Å². The third kappa shape index (κ3) is 4.91. The van der Waals surface area contributed by atoms with E-state index in [0.29, 0.717) is 22.3 Å². The van der Waals surface area contributed by atoms with Crippen molar-refractivity contribution >= 4 is 50.6 Å². The summed E-state index contributed by atoms with van der Waals surface area (Å²) in [6.07, 6.45) is -1.33. The molecule has 2 aromatic carbocycles. The van der Waals surface area contributed by atoms with Gasteiger partial charge in [-0.05, 0) is 67.6 Å². The van der Waals surface area contributed by atoms with Crippen LogP contribution in [0.1, 0.15) is 36.7 Å². The summed E-state index contributed by atoms with van der Waals surface area (Å²) in [5.74, 6) is -0.312. The Morgan fingerprint density at radius 1 is 1.10 bits per heavy atom. The number of anilines is 2. The van der Waals surface area contributed by atoms with Gasteiger partial charge in [-0.3, -0.25) is 4.79 Å². The van der Waals surface area contributed by atoms with Gasteiger partial charge < -0.3 is 20.1 Å². The lowest BCUT2D eigenvalue weighted by atomic mass is 10.0. The first kappa shape index (κ1) is 22.1. The van der Waals surface area contributed by atoms with Crippen molar-refractivity contribution in [3.8, 4) is 10.4 Å². The number of hydrogen-bond donors (Lipinski definition) is 1. The van der Waals surface area contributed by atoms with E-state index in [0.717, 1.165) is 20.9 Å². The first-order valence-corrected chi connectivity index (χ1v) is 11.4. The van der Waals surface area contributed by atoms with Crippen LogP contribution in [-0.2, 0) is 5.33 Å². The smallest absolute Gasteiger partial charge is 0.255 e. The summed E-state index contributed by atoms with van der Waals surface area (Å²) < 4.78 is 0. The highest BCUT2D eigenvalue weighted by Gasteiger charge is 2.26. The van der Waals surface area contributed by atoms with Crippen molar-refractivity contribution in [2.75, 3.05) is 10.2 Å². The molecule has 0 radical (unpaired) electrons. The lowest BCUT2D eigenvalue weighted by molar-refractivity contribution is -0.247. The molecule has 0 fully saturated rings. The highest BCUT2D eigenvalue weighted by atomic mass is 79.9. The van der Waals surface area contributed by atoms with E-state index in [1.54, 1.807) is 56.4 Å². The monoisotopic (exact) mass is 485 g/mol. The number of carbonyl (C=O) groups is 2. The number of carboxylic acid groups (broad SMARTS) is 1. The fraction of sp³-hybridized carbons (Fsp3) is 0.217. The second-order valence-corrected chi connectivity index (χ2v) is 9.27. The van der Waals surface area contributed by atoms with E-state index in [1.807, 2.05) is 35.7 Å². The minimum absolute atomic E-state index is 0.312. The van der Waals surface area contributed by atoms with Crippen molar-refractivity contribution in [3.63, 3.8) is 0 Å². The lowest BCUT2D eigenvalue weighted by Gasteiger charge is -2.39. The van der Waals surface area contributed by atoms with Gasteiger partial charge in [-0.15, -0.1) is 11.3 Å². The van der Waals surface area contributed by atoms with Gasteiger partial charge >= 0.3 is 0 Å². The molecule has 0 aliphatic carbocycles. The lowest BCUT2D eigenvalue weighted by Crippen LogP contribution is -2.52. The third-order valence-electron chi connectivity index (χ3n) is 4.52. The second-order valence-electron chi connectivity index (χ2n) is 7.77. The molecule has 3 rings (SSSR count). The number of alkyl halides is 1. The molecule has 0 spiro atoms. The Bertz CT molecular complexity index is 1040. The summed E-state index contributed by atoms with van der Waals surface area (Å²) in [4.78, 5) is 27.0. The van der Waals surface area contributed by atoms with E-state index >= 15 is 0 Å². The SMILES string of the molecule is CC(C)(C)N(C(=O)[O-])c1ccc(-c2cccs2)cc1NC(=O)c1ccc(CBr)cc1. The van der Waals surface area contributed by atoms with Crippen molar-refractivity contribution in [2.24, 2.45) is 0 Å². The van der Waals surface area contributed by atoms with Crippen LogP contribution in [0.5, 0.6) is 0 Å². The molecule has 0 saturated heterocycles. The minimum Gasteiger partial charge on any atom is -0.530 e. The topological polar surface area (TPSA) is 72.5 Å².